The Kier molecular flexibility index (Phi) is 6.78. The molecule has 34 heavy (non-hydrogen) atoms. The minimum atomic E-state index is -0.0659. The summed E-state index contributed by atoms with van der Waals surface area (Å²) >= 11 is 3.10. The van der Waals surface area contributed by atoms with Crippen molar-refractivity contribution >= 4 is 44.9 Å². The van der Waals surface area contributed by atoms with Gasteiger partial charge < -0.3 is 9.88 Å². The van der Waals surface area contributed by atoms with Crippen LogP contribution >= 0.6 is 23.1 Å². The lowest BCUT2D eigenvalue weighted by atomic mass is 10.1. The van der Waals surface area contributed by atoms with Crippen LogP contribution in [-0.4, -0.2) is 31.4 Å². The summed E-state index contributed by atoms with van der Waals surface area (Å²) in [5.41, 5.74) is 4.06. The van der Waals surface area contributed by atoms with Crippen LogP contribution in [0.1, 0.15) is 43.0 Å². The van der Waals surface area contributed by atoms with Gasteiger partial charge in [-0.1, -0.05) is 36.7 Å². The minimum absolute atomic E-state index is 0.0659. The predicted octanol–water partition coefficient (Wildman–Crippen LogP) is 6.44. The maximum atomic E-state index is 12.6. The molecular weight excluding hydrogens is 462 g/mol. The maximum Gasteiger partial charge on any atom is 0.234 e. The molecule has 8 heteroatoms. The number of hydrogen-bond acceptors (Lipinski definition) is 6. The van der Waals surface area contributed by atoms with Crippen molar-refractivity contribution in [2.24, 2.45) is 0 Å². The van der Waals surface area contributed by atoms with Gasteiger partial charge in [0.1, 0.15) is 10.8 Å². The fourth-order valence-electron chi connectivity index (χ4n) is 4.37. The van der Waals surface area contributed by atoms with E-state index in [2.05, 4.69) is 51.8 Å². The first-order valence-electron chi connectivity index (χ1n) is 11.5. The van der Waals surface area contributed by atoms with E-state index in [1.165, 1.54) is 34.9 Å². The molecule has 0 atom stereocenters. The molecule has 2 aromatic carbocycles. The maximum absolute atomic E-state index is 12.6. The molecule has 1 aliphatic rings. The molecule has 1 N–H and O–H groups in total. The number of aromatic nitrogens is 4. The highest BCUT2D eigenvalue weighted by Crippen LogP contribution is 2.35. The Morgan fingerprint density at radius 1 is 1.21 bits per heavy atom. The molecule has 174 valence electrons. The van der Waals surface area contributed by atoms with Crippen LogP contribution in [-0.2, 0) is 11.3 Å². The summed E-state index contributed by atoms with van der Waals surface area (Å²) in [5, 5.41) is 13.6. The van der Waals surface area contributed by atoms with Gasteiger partial charge in [0.15, 0.2) is 5.16 Å². The molecule has 0 unspecified atom stereocenters. The summed E-state index contributed by atoms with van der Waals surface area (Å²) in [7, 11) is 0. The molecule has 0 spiro atoms. The molecule has 0 bridgehead atoms. The molecule has 2 aromatic heterocycles. The summed E-state index contributed by atoms with van der Waals surface area (Å²) in [6, 6.07) is 14.2. The number of fused-ring (bicyclic) bond motifs is 1. The quantitative estimate of drug-likeness (QED) is 0.228. The van der Waals surface area contributed by atoms with Crippen molar-refractivity contribution < 1.29 is 4.79 Å². The normalized spacial score (nSPS) is 14.0. The van der Waals surface area contributed by atoms with Crippen LogP contribution in [0.15, 0.2) is 60.3 Å². The largest absolute Gasteiger partial charge is 0.325 e. The standard InChI is InChI=1S/C26H27N5OS2/c1-3-14-31-24(18-6-4-5-7-18)29-30-26(31)33-16-23(32)27-20-11-9-19(10-12-20)25-28-21-13-8-17(2)15-22(21)34-25/h3,8-13,15,18H,1,4-7,14,16H2,2H3,(H,27,32). The van der Waals surface area contributed by atoms with Crippen molar-refractivity contribution in [3.05, 3.63) is 66.5 Å². The average Bonchev–Trinajstić information content (AvgIpc) is 3.58. The Morgan fingerprint density at radius 3 is 2.76 bits per heavy atom. The zero-order valence-electron chi connectivity index (χ0n) is 19.2. The van der Waals surface area contributed by atoms with Gasteiger partial charge in [-0.3, -0.25) is 4.79 Å². The van der Waals surface area contributed by atoms with E-state index in [0.717, 1.165) is 45.6 Å². The van der Waals surface area contributed by atoms with Gasteiger partial charge in [-0.2, -0.15) is 0 Å². The van der Waals surface area contributed by atoms with Crippen LogP contribution in [0.25, 0.3) is 20.8 Å². The molecule has 4 aromatic rings. The number of benzene rings is 2. The monoisotopic (exact) mass is 489 g/mol. The summed E-state index contributed by atoms with van der Waals surface area (Å²) in [6.07, 6.45) is 6.67. The number of thioether (sulfide) groups is 1. The number of rotatable bonds is 8. The Balaban J connectivity index is 1.21. The third-order valence-electron chi connectivity index (χ3n) is 6.07. The van der Waals surface area contributed by atoms with E-state index >= 15 is 0 Å². The van der Waals surface area contributed by atoms with E-state index in [9.17, 15) is 4.79 Å². The zero-order chi connectivity index (χ0) is 23.5. The Labute approximate surface area is 207 Å². The van der Waals surface area contributed by atoms with Crippen molar-refractivity contribution in [3.63, 3.8) is 0 Å². The fourth-order valence-corrected chi connectivity index (χ4v) is 6.20. The topological polar surface area (TPSA) is 72.7 Å². The molecule has 6 nitrogen and oxygen atoms in total. The van der Waals surface area contributed by atoms with Gasteiger partial charge in [0.05, 0.1) is 16.0 Å². The van der Waals surface area contributed by atoms with E-state index in [4.69, 9.17) is 4.98 Å². The van der Waals surface area contributed by atoms with Crippen LogP contribution < -0.4 is 5.32 Å². The molecule has 1 amide bonds. The van der Waals surface area contributed by atoms with Crippen molar-refractivity contribution in [3.8, 4) is 10.6 Å². The molecule has 1 fully saturated rings. The predicted molar refractivity (Wildman–Crippen MR) is 141 cm³/mol. The highest BCUT2D eigenvalue weighted by Gasteiger charge is 2.24. The second kappa shape index (κ2) is 10.1. The number of nitrogens with zero attached hydrogens (tertiary/aromatic N) is 4. The summed E-state index contributed by atoms with van der Waals surface area (Å²) in [4.78, 5) is 17.3. The Bertz CT molecular complexity index is 1320. The van der Waals surface area contributed by atoms with Crippen LogP contribution in [0.5, 0.6) is 0 Å². The van der Waals surface area contributed by atoms with Gasteiger partial charge in [-0.05, 0) is 61.7 Å². The lowest BCUT2D eigenvalue weighted by molar-refractivity contribution is -0.113. The van der Waals surface area contributed by atoms with Gasteiger partial charge in [-0.25, -0.2) is 4.98 Å². The Hall–Kier alpha value is -2.97. The van der Waals surface area contributed by atoms with E-state index in [1.807, 2.05) is 30.3 Å². The first kappa shape index (κ1) is 22.8. The summed E-state index contributed by atoms with van der Waals surface area (Å²) in [5.74, 6) is 1.71. The number of anilines is 1. The highest BCUT2D eigenvalue weighted by atomic mass is 32.2. The number of amides is 1. The smallest absolute Gasteiger partial charge is 0.234 e. The molecular formula is C26H27N5OS2. The minimum Gasteiger partial charge on any atom is -0.325 e. The van der Waals surface area contributed by atoms with E-state index < -0.39 is 0 Å². The van der Waals surface area contributed by atoms with Gasteiger partial charge in [0, 0.05) is 23.7 Å². The first-order chi connectivity index (χ1) is 16.6. The number of carbonyl (C=O) groups is 1. The molecule has 2 heterocycles. The lowest BCUT2D eigenvalue weighted by Crippen LogP contribution is -2.15. The number of hydrogen-bond donors (Lipinski definition) is 1. The fraction of sp³-hybridized carbons (Fsp3) is 0.308. The number of nitrogens with one attached hydrogen (secondary N) is 1. The third kappa shape index (κ3) is 4.93. The molecule has 1 aliphatic carbocycles. The lowest BCUT2D eigenvalue weighted by Gasteiger charge is -2.12. The number of aryl methyl sites for hydroxylation is 1. The SMILES string of the molecule is C=CCn1c(SCC(=O)Nc2ccc(-c3nc4ccc(C)cc4s3)cc2)nnc1C1CCCC1. The van der Waals surface area contributed by atoms with Crippen molar-refractivity contribution in [1.82, 2.24) is 19.7 Å². The van der Waals surface area contributed by atoms with Gasteiger partial charge in [0.25, 0.3) is 0 Å². The zero-order valence-corrected chi connectivity index (χ0v) is 20.8. The molecule has 1 saturated carbocycles. The third-order valence-corrected chi connectivity index (χ3v) is 8.10. The highest BCUT2D eigenvalue weighted by molar-refractivity contribution is 7.99. The molecule has 0 aliphatic heterocycles. The van der Waals surface area contributed by atoms with Crippen molar-refractivity contribution in [2.45, 2.75) is 50.2 Å². The van der Waals surface area contributed by atoms with Crippen LogP contribution in [0.2, 0.25) is 0 Å². The van der Waals surface area contributed by atoms with Gasteiger partial charge >= 0.3 is 0 Å². The van der Waals surface area contributed by atoms with E-state index in [-0.39, 0.29) is 11.7 Å². The van der Waals surface area contributed by atoms with Crippen LogP contribution in [0.3, 0.4) is 0 Å². The molecule has 5 rings (SSSR count). The first-order valence-corrected chi connectivity index (χ1v) is 13.3. The van der Waals surface area contributed by atoms with Gasteiger partial charge in [-0.15, -0.1) is 28.1 Å². The molecule has 0 saturated heterocycles. The van der Waals surface area contributed by atoms with Crippen LogP contribution in [0.4, 0.5) is 5.69 Å². The van der Waals surface area contributed by atoms with Crippen molar-refractivity contribution in [2.75, 3.05) is 11.1 Å². The van der Waals surface area contributed by atoms with Crippen molar-refractivity contribution in [1.29, 1.82) is 0 Å². The number of allylic oxidation sites excluding steroid dienone is 1. The number of carbonyl (C=O) groups excluding carboxylic acids is 1. The summed E-state index contributed by atoms with van der Waals surface area (Å²) in [6.45, 7) is 6.62. The number of thiazole rings is 1. The second-order valence-electron chi connectivity index (χ2n) is 8.63. The summed E-state index contributed by atoms with van der Waals surface area (Å²) < 4.78 is 3.29. The van der Waals surface area contributed by atoms with Gasteiger partial charge in [0.2, 0.25) is 5.91 Å². The van der Waals surface area contributed by atoms with Crippen LogP contribution in [0, 0.1) is 6.92 Å². The second-order valence-corrected chi connectivity index (χ2v) is 10.6. The van der Waals surface area contributed by atoms with E-state index in [0.29, 0.717) is 12.5 Å². The molecule has 0 radical (unpaired) electrons. The Morgan fingerprint density at radius 2 is 2.00 bits per heavy atom. The van der Waals surface area contributed by atoms with E-state index in [1.54, 1.807) is 11.3 Å². The average molecular weight is 490 g/mol.